The van der Waals surface area contributed by atoms with Gasteiger partial charge in [-0.2, -0.15) is 10.5 Å². The predicted octanol–water partition coefficient (Wildman–Crippen LogP) is 1.51. The first-order valence-corrected chi connectivity index (χ1v) is 27.6. The van der Waals surface area contributed by atoms with Crippen molar-refractivity contribution < 1.29 is 13.3 Å². The number of halogens is 6. The van der Waals surface area contributed by atoms with Crippen molar-refractivity contribution in [3.63, 3.8) is 0 Å². The molecule has 0 amide bonds. The number of H-pyrrole nitrogens is 1. The first-order chi connectivity index (χ1) is 16.2. The molecule has 0 fully saturated rings. The summed E-state index contributed by atoms with van der Waals surface area (Å²) in [4.78, 5) is 34.6. The largest absolute Gasteiger partial charge is 0.329 e. The van der Waals surface area contributed by atoms with E-state index in [1.165, 1.54) is 27.5 Å². The molecular formula is C20H21I6N6O3-. The minimum absolute atomic E-state index is 0. The number of nitrogens with zero attached hydrogens (tertiary/aromatic N) is 4. The Balaban J connectivity index is -0.000000396. The molecule has 0 radical (unpaired) electrons. The van der Waals surface area contributed by atoms with Crippen LogP contribution in [0.15, 0.2) is 69.4 Å². The Morgan fingerprint density at radius 1 is 0.914 bits per heavy atom. The Bertz CT molecular complexity index is 1250. The third-order valence-corrected chi connectivity index (χ3v) is 3.54. The Labute approximate surface area is 273 Å². The molecule has 0 aliphatic carbocycles. The first kappa shape index (κ1) is 39.7. The summed E-state index contributed by atoms with van der Waals surface area (Å²) in [6.07, 6.45) is 4.73. The molecule has 0 saturated heterocycles. The van der Waals surface area contributed by atoms with Crippen molar-refractivity contribution in [1.82, 2.24) is 14.1 Å². The van der Waals surface area contributed by atoms with E-state index in [0.717, 1.165) is 5.56 Å². The molecule has 0 aromatic carbocycles. The number of pyridine rings is 3. The zero-order valence-corrected chi connectivity index (χ0v) is 31.4. The summed E-state index contributed by atoms with van der Waals surface area (Å²) >= 11 is 9.54. The van der Waals surface area contributed by atoms with Crippen molar-refractivity contribution in [2.45, 2.75) is 6.54 Å². The van der Waals surface area contributed by atoms with Gasteiger partial charge < -0.3 is 19.9 Å². The minimum Gasteiger partial charge on any atom is -0.329 e. The third-order valence-electron chi connectivity index (χ3n) is 3.54. The smallest absolute Gasteiger partial charge is 0.249 e. The van der Waals surface area contributed by atoms with Crippen LogP contribution in [0.5, 0.6) is 0 Å². The Morgan fingerprint density at radius 2 is 1.37 bits per heavy atom. The van der Waals surface area contributed by atoms with Gasteiger partial charge in [0.1, 0.15) is 0 Å². The second kappa shape index (κ2) is 25.8. The van der Waals surface area contributed by atoms with E-state index in [1.807, 2.05) is 18.2 Å². The molecule has 15 heteroatoms. The summed E-state index contributed by atoms with van der Waals surface area (Å²) < 4.78 is 2.93. The summed E-state index contributed by atoms with van der Waals surface area (Å²) in [6.45, 7) is 0.427. The van der Waals surface area contributed by atoms with Crippen LogP contribution in [-0.2, 0) is 20.6 Å². The summed E-state index contributed by atoms with van der Waals surface area (Å²) in [5.74, 6) is 0. The van der Waals surface area contributed by atoms with E-state index in [-0.39, 0.29) is 40.7 Å². The molecule has 3 N–H and O–H groups in total. The van der Waals surface area contributed by atoms with Crippen LogP contribution in [0.25, 0.3) is 0 Å². The number of nitrogens with two attached hydrogens (primary N) is 1. The number of aromatic nitrogens is 3. The van der Waals surface area contributed by atoms with Gasteiger partial charge in [-0.1, -0.05) is 0 Å². The number of nitriles is 2. The molecule has 9 nitrogen and oxygen atoms in total. The summed E-state index contributed by atoms with van der Waals surface area (Å²) in [7, 11) is 3.35. The quantitative estimate of drug-likeness (QED) is 0.354. The van der Waals surface area contributed by atoms with Crippen LogP contribution in [0.1, 0.15) is 16.7 Å². The molecule has 0 atom stereocenters. The van der Waals surface area contributed by atoms with Crippen molar-refractivity contribution in [2.75, 3.05) is 0 Å². The maximum absolute atomic E-state index is 10.9. The standard InChI is InChI=1S/C7H10N2O.C7H6N2O.C6H4N2O.I3.I2.HI/c2*1-9-3-2-6(5-8)4-7(9)10;7-4-5-1-2-8-6(9)3-5;1-3-2;1-2;/h2-4H,5,8H2,1H3;2-4H,1H3;1-3H,(H,8,9);;;1H/q;;;-1;;. The van der Waals surface area contributed by atoms with Crippen molar-refractivity contribution in [3.05, 3.63) is 103 Å². The average molecular weight is 1150 g/mol. The normalized spacial score (nSPS) is 8.26. The van der Waals surface area contributed by atoms with E-state index >= 15 is 0 Å². The van der Waals surface area contributed by atoms with Gasteiger partial charge in [-0.05, 0) is 23.8 Å². The van der Waals surface area contributed by atoms with Gasteiger partial charge >= 0.3 is 50.5 Å². The molecular weight excluding hydrogens is 1130 g/mol. The van der Waals surface area contributed by atoms with E-state index in [2.05, 4.69) is 79.4 Å². The molecule has 0 spiro atoms. The van der Waals surface area contributed by atoms with Crippen molar-refractivity contribution in [1.29, 1.82) is 10.5 Å². The Morgan fingerprint density at radius 3 is 1.74 bits per heavy atom. The van der Waals surface area contributed by atoms with Crippen LogP contribution < -0.4 is 35.7 Å². The summed E-state index contributed by atoms with van der Waals surface area (Å²) in [5, 5.41) is 16.6. The molecule has 0 aliphatic heterocycles. The Hall–Kier alpha value is 0.170. The van der Waals surface area contributed by atoms with Gasteiger partial charge in [0.05, 0.1) is 23.3 Å². The van der Waals surface area contributed by atoms with E-state index in [9.17, 15) is 14.4 Å². The van der Waals surface area contributed by atoms with Crippen LogP contribution in [0.4, 0.5) is 0 Å². The van der Waals surface area contributed by atoms with Crippen molar-refractivity contribution >= 4 is 98.4 Å². The van der Waals surface area contributed by atoms with E-state index in [0.29, 0.717) is 30.9 Å². The minimum atomic E-state index is -0.242. The fraction of sp³-hybridized carbons (Fsp3) is 0.150. The number of rotatable bonds is 1. The average Bonchev–Trinajstić information content (AvgIpc) is 2.85. The number of aromatic amines is 1. The number of hydrogen-bond donors (Lipinski definition) is 2. The zero-order chi connectivity index (χ0) is 26.5. The molecule has 3 rings (SSSR count). The maximum Gasteiger partial charge on any atom is 0.249 e. The van der Waals surface area contributed by atoms with Crippen LogP contribution in [0.3, 0.4) is 0 Å². The fourth-order valence-electron chi connectivity index (χ4n) is 1.85. The summed E-state index contributed by atoms with van der Waals surface area (Å²) in [5.41, 5.74) is 6.59. The van der Waals surface area contributed by atoms with E-state index in [1.54, 1.807) is 44.7 Å². The van der Waals surface area contributed by atoms with Crippen LogP contribution >= 0.6 is 98.4 Å². The van der Waals surface area contributed by atoms with Gasteiger partial charge in [-0.25, -0.2) is 0 Å². The predicted molar refractivity (Wildman–Crippen MR) is 179 cm³/mol. The molecule has 35 heavy (non-hydrogen) atoms. The van der Waals surface area contributed by atoms with Crippen LogP contribution in [-0.4, -0.2) is 14.1 Å². The topological polar surface area (TPSA) is 150 Å². The van der Waals surface area contributed by atoms with Crippen LogP contribution in [0.2, 0.25) is 0 Å². The fourth-order valence-corrected chi connectivity index (χ4v) is 1.85. The zero-order valence-electron chi connectivity index (χ0n) is 18.3. The molecule has 3 heterocycles. The maximum atomic E-state index is 10.9. The van der Waals surface area contributed by atoms with Crippen molar-refractivity contribution in [3.8, 4) is 12.1 Å². The second-order valence-electron chi connectivity index (χ2n) is 5.77. The van der Waals surface area contributed by atoms with Gasteiger partial charge in [-0.3, -0.25) is 14.4 Å². The molecule has 0 saturated carbocycles. The van der Waals surface area contributed by atoms with E-state index < -0.39 is 0 Å². The second-order valence-corrected chi connectivity index (χ2v) is 22.0. The first-order valence-electron chi connectivity index (χ1n) is 8.74. The van der Waals surface area contributed by atoms with Crippen molar-refractivity contribution in [2.24, 2.45) is 19.8 Å². The van der Waals surface area contributed by atoms with Gasteiger partial charge in [-0.15, -0.1) is 24.0 Å². The third kappa shape index (κ3) is 19.9. The molecule has 3 aromatic rings. The molecule has 0 aliphatic rings. The Kier molecular flexibility index (Phi) is 29.3. The molecule has 0 bridgehead atoms. The number of aryl methyl sites for hydroxylation is 2. The molecule has 0 unspecified atom stereocenters. The van der Waals surface area contributed by atoms with E-state index in [4.69, 9.17) is 16.3 Å². The van der Waals surface area contributed by atoms with Gasteiger partial charge in [0.2, 0.25) is 5.56 Å². The van der Waals surface area contributed by atoms with Gasteiger partial charge in [0, 0.05) is 94.7 Å². The van der Waals surface area contributed by atoms with Crippen LogP contribution in [0, 0.1) is 22.7 Å². The SMILES string of the molecule is Cn1ccc(C#N)cc1=O.Cn1ccc(CN)cc1=O.I.II.I[I-]I.N#Cc1cc[nH]c(=O)c1. The molecule has 192 valence electrons. The number of nitrogens with one attached hydrogen (secondary N) is 1. The number of hydrogen-bond acceptors (Lipinski definition) is 6. The monoisotopic (exact) mass is 1150 g/mol. The molecule has 3 aromatic heterocycles. The van der Waals surface area contributed by atoms with Gasteiger partial charge in [0.15, 0.2) is 0 Å². The van der Waals surface area contributed by atoms with Gasteiger partial charge in [0.25, 0.3) is 11.1 Å². The summed E-state index contributed by atoms with van der Waals surface area (Å²) in [6, 6.07) is 12.8.